The summed E-state index contributed by atoms with van der Waals surface area (Å²) in [6.07, 6.45) is 6.10. The number of hydrogen-bond acceptors (Lipinski definition) is 5. The molecular formula is C22H39IN4O3. The lowest BCUT2D eigenvalue weighted by molar-refractivity contribution is 0.180. The van der Waals surface area contributed by atoms with E-state index in [1.165, 1.54) is 12.8 Å². The van der Waals surface area contributed by atoms with E-state index in [0.29, 0.717) is 12.6 Å². The molecule has 0 aliphatic heterocycles. The van der Waals surface area contributed by atoms with Crippen molar-refractivity contribution in [1.29, 1.82) is 0 Å². The second kappa shape index (κ2) is 15.5. The van der Waals surface area contributed by atoms with Gasteiger partial charge in [0.25, 0.3) is 0 Å². The molecule has 1 aliphatic rings. The third-order valence-electron chi connectivity index (χ3n) is 5.18. The van der Waals surface area contributed by atoms with E-state index in [-0.39, 0.29) is 24.0 Å². The van der Waals surface area contributed by atoms with Crippen molar-refractivity contribution in [2.24, 2.45) is 4.99 Å². The maximum Gasteiger partial charge on any atom is 0.191 e. The molecule has 0 aromatic heterocycles. The van der Waals surface area contributed by atoms with Gasteiger partial charge in [-0.2, -0.15) is 0 Å². The maximum absolute atomic E-state index is 6.19. The second-order valence-corrected chi connectivity index (χ2v) is 7.51. The monoisotopic (exact) mass is 534 g/mol. The lowest BCUT2D eigenvalue weighted by Gasteiger charge is -2.19. The van der Waals surface area contributed by atoms with Gasteiger partial charge in [-0.3, -0.25) is 4.99 Å². The number of nitrogens with zero attached hydrogens (tertiary/aromatic N) is 2. The van der Waals surface area contributed by atoms with E-state index in [2.05, 4.69) is 39.7 Å². The molecule has 0 radical (unpaired) electrons. The van der Waals surface area contributed by atoms with Gasteiger partial charge in [0.05, 0.1) is 13.2 Å². The molecule has 1 fully saturated rings. The Hall–Kier alpha value is -1.26. The van der Waals surface area contributed by atoms with Gasteiger partial charge in [0, 0.05) is 46.9 Å². The first-order chi connectivity index (χ1) is 14.2. The smallest absolute Gasteiger partial charge is 0.191 e. The summed E-state index contributed by atoms with van der Waals surface area (Å²) < 4.78 is 16.8. The first-order valence-electron chi connectivity index (χ1n) is 10.6. The standard InChI is InChI=1S/C22H38N4O3.HI/c1-23-22(24-12-14-26(2)13-7-15-27-3)25-17-18-10-11-20(28-4)21(16-18)29-19-8-5-6-9-19;/h10-11,16,19H,5-9,12-15,17H2,1-4H3,(H2,23,24,25);1H. The number of guanidine groups is 1. The van der Waals surface area contributed by atoms with Crippen LogP contribution in [-0.2, 0) is 11.3 Å². The fraction of sp³-hybridized carbons (Fsp3) is 0.682. The van der Waals surface area contributed by atoms with Crippen molar-refractivity contribution in [2.75, 3.05) is 54.6 Å². The molecule has 0 spiro atoms. The predicted molar refractivity (Wildman–Crippen MR) is 133 cm³/mol. The average Bonchev–Trinajstić information content (AvgIpc) is 3.24. The van der Waals surface area contributed by atoms with E-state index < -0.39 is 0 Å². The predicted octanol–water partition coefficient (Wildman–Crippen LogP) is 3.27. The fourth-order valence-electron chi connectivity index (χ4n) is 3.47. The van der Waals surface area contributed by atoms with Crippen molar-refractivity contribution >= 4 is 29.9 Å². The normalized spacial score (nSPS) is 14.5. The molecule has 1 aromatic carbocycles. The summed E-state index contributed by atoms with van der Waals surface area (Å²) in [4.78, 5) is 6.60. The zero-order valence-corrected chi connectivity index (χ0v) is 21.2. The first kappa shape index (κ1) is 26.8. The number of likely N-dealkylation sites (N-methyl/N-ethyl adjacent to an activating group) is 1. The highest BCUT2D eigenvalue weighted by molar-refractivity contribution is 14.0. The van der Waals surface area contributed by atoms with Gasteiger partial charge in [-0.15, -0.1) is 24.0 Å². The number of ether oxygens (including phenoxy) is 3. The zero-order valence-electron chi connectivity index (χ0n) is 18.9. The number of nitrogens with one attached hydrogen (secondary N) is 2. The van der Waals surface area contributed by atoms with Crippen LogP contribution in [0.2, 0.25) is 0 Å². The molecule has 7 nitrogen and oxygen atoms in total. The second-order valence-electron chi connectivity index (χ2n) is 7.51. The quantitative estimate of drug-likeness (QED) is 0.186. The van der Waals surface area contributed by atoms with Crippen LogP contribution < -0.4 is 20.1 Å². The minimum absolute atomic E-state index is 0. The Labute approximate surface area is 199 Å². The topological polar surface area (TPSA) is 67.4 Å². The minimum Gasteiger partial charge on any atom is -0.493 e. The summed E-state index contributed by atoms with van der Waals surface area (Å²) in [6, 6.07) is 6.11. The summed E-state index contributed by atoms with van der Waals surface area (Å²) in [5.41, 5.74) is 1.14. The Bertz CT molecular complexity index is 624. The molecule has 0 atom stereocenters. The van der Waals surface area contributed by atoms with Gasteiger partial charge in [-0.1, -0.05) is 6.07 Å². The molecule has 1 aliphatic carbocycles. The average molecular weight is 534 g/mol. The van der Waals surface area contributed by atoms with Gasteiger partial charge in [-0.05, 0) is 56.8 Å². The van der Waals surface area contributed by atoms with Crippen LogP contribution in [0.3, 0.4) is 0 Å². The third-order valence-corrected chi connectivity index (χ3v) is 5.18. The van der Waals surface area contributed by atoms with Gasteiger partial charge in [0.15, 0.2) is 17.5 Å². The molecule has 0 amide bonds. The third kappa shape index (κ3) is 9.70. The first-order valence-corrected chi connectivity index (χ1v) is 10.6. The SMILES string of the molecule is CN=C(NCCN(C)CCCOC)NCc1ccc(OC)c(OC2CCCC2)c1.I. The molecule has 0 heterocycles. The Kier molecular flexibility index (Phi) is 13.9. The zero-order chi connectivity index (χ0) is 20.9. The van der Waals surface area contributed by atoms with Crippen molar-refractivity contribution < 1.29 is 14.2 Å². The summed E-state index contributed by atoms with van der Waals surface area (Å²) in [5, 5.41) is 6.74. The lowest BCUT2D eigenvalue weighted by Crippen LogP contribution is -2.40. The molecule has 30 heavy (non-hydrogen) atoms. The fourth-order valence-corrected chi connectivity index (χ4v) is 3.47. The Morgan fingerprint density at radius 1 is 1.13 bits per heavy atom. The van der Waals surface area contributed by atoms with Crippen molar-refractivity contribution in [3.8, 4) is 11.5 Å². The van der Waals surface area contributed by atoms with E-state index in [9.17, 15) is 0 Å². The molecule has 2 N–H and O–H groups in total. The summed E-state index contributed by atoms with van der Waals surface area (Å²) in [6.45, 7) is 4.29. The number of rotatable bonds is 12. The van der Waals surface area contributed by atoms with Crippen molar-refractivity contribution in [3.05, 3.63) is 23.8 Å². The van der Waals surface area contributed by atoms with Gasteiger partial charge in [-0.25, -0.2) is 0 Å². The van der Waals surface area contributed by atoms with Crippen LogP contribution in [0.5, 0.6) is 11.5 Å². The van der Waals surface area contributed by atoms with Crippen molar-refractivity contribution in [1.82, 2.24) is 15.5 Å². The van der Waals surface area contributed by atoms with E-state index in [0.717, 1.165) is 68.5 Å². The van der Waals surface area contributed by atoms with Crippen LogP contribution >= 0.6 is 24.0 Å². The Balaban J connectivity index is 0.00000450. The van der Waals surface area contributed by atoms with Crippen LogP contribution in [0.25, 0.3) is 0 Å². The van der Waals surface area contributed by atoms with Gasteiger partial charge >= 0.3 is 0 Å². The number of aliphatic imine (C=N–C) groups is 1. The summed E-state index contributed by atoms with van der Waals surface area (Å²) in [7, 11) is 7.34. The molecule has 1 saturated carbocycles. The molecule has 0 unspecified atom stereocenters. The number of methoxy groups -OCH3 is 2. The minimum atomic E-state index is 0. The molecule has 2 rings (SSSR count). The number of hydrogen-bond donors (Lipinski definition) is 2. The molecular weight excluding hydrogens is 495 g/mol. The van der Waals surface area contributed by atoms with Crippen LogP contribution in [0.4, 0.5) is 0 Å². The number of benzene rings is 1. The number of halogens is 1. The maximum atomic E-state index is 6.19. The highest BCUT2D eigenvalue weighted by Crippen LogP contribution is 2.32. The van der Waals surface area contributed by atoms with Crippen molar-refractivity contribution in [3.63, 3.8) is 0 Å². The summed E-state index contributed by atoms with van der Waals surface area (Å²) >= 11 is 0. The van der Waals surface area contributed by atoms with E-state index >= 15 is 0 Å². The largest absolute Gasteiger partial charge is 0.493 e. The van der Waals surface area contributed by atoms with Gasteiger partial charge in [0.1, 0.15) is 0 Å². The summed E-state index contributed by atoms with van der Waals surface area (Å²) in [5.74, 6) is 2.42. The lowest BCUT2D eigenvalue weighted by atomic mass is 10.2. The molecule has 0 saturated heterocycles. The molecule has 1 aromatic rings. The molecule has 0 bridgehead atoms. The van der Waals surface area contributed by atoms with E-state index in [4.69, 9.17) is 14.2 Å². The van der Waals surface area contributed by atoms with Crippen LogP contribution in [0.1, 0.15) is 37.7 Å². The van der Waals surface area contributed by atoms with Crippen LogP contribution in [-0.4, -0.2) is 71.5 Å². The Morgan fingerprint density at radius 2 is 1.90 bits per heavy atom. The molecule has 8 heteroatoms. The van der Waals surface area contributed by atoms with Crippen LogP contribution in [0.15, 0.2) is 23.2 Å². The highest BCUT2D eigenvalue weighted by Gasteiger charge is 2.18. The van der Waals surface area contributed by atoms with Gasteiger partial charge in [0.2, 0.25) is 0 Å². The molecule has 172 valence electrons. The Morgan fingerprint density at radius 3 is 2.57 bits per heavy atom. The van der Waals surface area contributed by atoms with Crippen molar-refractivity contribution in [2.45, 2.75) is 44.8 Å². The highest BCUT2D eigenvalue weighted by atomic mass is 127. The van der Waals surface area contributed by atoms with Gasteiger partial charge < -0.3 is 29.7 Å². The van der Waals surface area contributed by atoms with E-state index in [1.807, 2.05) is 6.07 Å². The van der Waals surface area contributed by atoms with E-state index in [1.54, 1.807) is 21.3 Å². The van der Waals surface area contributed by atoms with Crippen LogP contribution in [0, 0.1) is 0 Å².